The highest BCUT2D eigenvalue weighted by molar-refractivity contribution is 7.86. The molecule has 2 atom stereocenters. The largest absolute Gasteiger partial charge is 0.481 e. The lowest BCUT2D eigenvalue weighted by Gasteiger charge is -2.36. The maximum absolute atomic E-state index is 13.6. The average Bonchev–Trinajstić information content (AvgIpc) is 3.37. The Balaban J connectivity index is 1.39. The fraction of sp³-hybridized carbons (Fsp3) is 0.536. The summed E-state index contributed by atoms with van der Waals surface area (Å²) >= 11 is 0. The zero-order valence-electron chi connectivity index (χ0n) is 22.7. The highest BCUT2D eigenvalue weighted by Crippen LogP contribution is 2.35. The van der Waals surface area contributed by atoms with E-state index in [-0.39, 0.29) is 19.1 Å². The van der Waals surface area contributed by atoms with Crippen LogP contribution in [0.1, 0.15) is 53.0 Å². The minimum atomic E-state index is -3.63. The number of aromatic nitrogens is 3. The van der Waals surface area contributed by atoms with Gasteiger partial charge in [0.25, 0.3) is 10.2 Å². The first-order chi connectivity index (χ1) is 19.3. The van der Waals surface area contributed by atoms with Gasteiger partial charge >= 0.3 is 5.97 Å². The molecule has 6 aliphatic heterocycles. The number of benzene rings is 2. The molecule has 0 spiro atoms. The van der Waals surface area contributed by atoms with Gasteiger partial charge in [0.2, 0.25) is 0 Å². The van der Waals surface area contributed by atoms with Crippen LogP contribution in [-0.4, -0.2) is 88.7 Å². The summed E-state index contributed by atoms with van der Waals surface area (Å²) in [5.41, 5.74) is 6.24. The Morgan fingerprint density at radius 3 is 2.65 bits per heavy atom. The number of aliphatic carboxylic acids is 1. The standard InChI is InChI=1S/C28H35N5O6S/c1-19-24-4-5-26-28(19)29-30-33(26)12-13-38-14-15-39-23-7-10-31(11-8-23)40(36,37)32-9-6-20-2-3-21(16-22(20)18-32)25(24)17-27(34)35/h2-5,16,23,25H,6-15,17-18H2,1H3,(H,34,35). The van der Waals surface area contributed by atoms with Gasteiger partial charge < -0.3 is 14.6 Å². The molecule has 1 fully saturated rings. The first kappa shape index (κ1) is 27.3. The fourth-order valence-electron chi connectivity index (χ4n) is 6.19. The molecular formula is C28H35N5O6S. The van der Waals surface area contributed by atoms with Gasteiger partial charge in [-0.2, -0.15) is 17.0 Å². The molecule has 9 rings (SSSR count). The molecule has 0 radical (unpaired) electrons. The average molecular weight is 570 g/mol. The molecule has 11 nitrogen and oxygen atoms in total. The highest BCUT2D eigenvalue weighted by Gasteiger charge is 2.35. The van der Waals surface area contributed by atoms with E-state index in [1.54, 1.807) is 8.61 Å². The predicted octanol–water partition coefficient (Wildman–Crippen LogP) is 2.46. The zero-order chi connectivity index (χ0) is 27.9. The molecule has 6 aliphatic rings. The third-order valence-electron chi connectivity index (χ3n) is 8.43. The normalized spacial score (nSPS) is 27.0. The van der Waals surface area contributed by atoms with Crippen molar-refractivity contribution in [3.8, 4) is 0 Å². The third kappa shape index (κ3) is 5.26. The maximum Gasteiger partial charge on any atom is 0.304 e. The van der Waals surface area contributed by atoms with Crippen LogP contribution in [0.4, 0.5) is 0 Å². The highest BCUT2D eigenvalue weighted by atomic mass is 32.2. The number of hydrogen-bond acceptors (Lipinski definition) is 7. The molecule has 0 aliphatic carbocycles. The van der Waals surface area contributed by atoms with Crippen LogP contribution in [0.3, 0.4) is 0 Å². The molecule has 0 amide bonds. The SMILES string of the molecule is Cc1c2ccc3c1nnn3CCOCCOC1CCN(CC1)S(=O)(=O)N1CCc3ccc(cc3C1)C2CC(=O)O. The van der Waals surface area contributed by atoms with E-state index in [1.165, 1.54) is 0 Å². The molecule has 40 heavy (non-hydrogen) atoms. The van der Waals surface area contributed by atoms with Gasteiger partial charge in [-0.15, -0.1) is 5.10 Å². The van der Waals surface area contributed by atoms with Gasteiger partial charge in [0, 0.05) is 32.1 Å². The molecule has 12 heteroatoms. The van der Waals surface area contributed by atoms with Crippen LogP contribution in [-0.2, 0) is 44.0 Å². The van der Waals surface area contributed by atoms with Crippen molar-refractivity contribution in [2.45, 2.75) is 57.7 Å². The Labute approximate surface area is 233 Å². The van der Waals surface area contributed by atoms with Crippen molar-refractivity contribution in [3.63, 3.8) is 0 Å². The Kier molecular flexibility index (Phi) is 7.62. The maximum atomic E-state index is 13.6. The summed E-state index contributed by atoms with van der Waals surface area (Å²) in [6.07, 6.45) is 1.84. The van der Waals surface area contributed by atoms with Gasteiger partial charge in [-0.1, -0.05) is 29.5 Å². The number of carboxylic acids is 1. The zero-order valence-corrected chi connectivity index (χ0v) is 23.5. The van der Waals surface area contributed by atoms with Crippen molar-refractivity contribution >= 4 is 27.2 Å². The van der Waals surface area contributed by atoms with Gasteiger partial charge in [-0.3, -0.25) is 4.79 Å². The van der Waals surface area contributed by atoms with Crippen LogP contribution >= 0.6 is 0 Å². The number of carbonyl (C=O) groups is 1. The van der Waals surface area contributed by atoms with E-state index in [0.29, 0.717) is 65.3 Å². The fourth-order valence-corrected chi connectivity index (χ4v) is 7.82. The summed E-state index contributed by atoms with van der Waals surface area (Å²) in [7, 11) is -3.63. The monoisotopic (exact) mass is 569 g/mol. The number of piperidine rings is 1. The summed E-state index contributed by atoms with van der Waals surface area (Å²) in [5, 5.41) is 18.6. The van der Waals surface area contributed by atoms with Gasteiger partial charge in [0.1, 0.15) is 5.52 Å². The number of hydrogen-bond donors (Lipinski definition) is 1. The predicted molar refractivity (Wildman–Crippen MR) is 147 cm³/mol. The lowest BCUT2D eigenvalue weighted by molar-refractivity contribution is -0.137. The Bertz CT molecular complexity index is 1510. The molecule has 1 saturated heterocycles. The first-order valence-corrected chi connectivity index (χ1v) is 15.3. The molecular weight excluding hydrogens is 534 g/mol. The van der Waals surface area contributed by atoms with Gasteiger partial charge in [-0.25, -0.2) is 4.68 Å². The van der Waals surface area contributed by atoms with Crippen LogP contribution in [0.25, 0.3) is 11.0 Å². The van der Waals surface area contributed by atoms with E-state index in [4.69, 9.17) is 9.47 Å². The lowest BCUT2D eigenvalue weighted by atomic mass is 9.83. The van der Waals surface area contributed by atoms with E-state index < -0.39 is 22.1 Å². The number of nitrogens with zero attached hydrogens (tertiary/aromatic N) is 5. The molecule has 3 aromatic rings. The van der Waals surface area contributed by atoms with Crippen LogP contribution < -0.4 is 0 Å². The third-order valence-corrected chi connectivity index (χ3v) is 10.4. The second kappa shape index (κ2) is 11.2. The van der Waals surface area contributed by atoms with Crippen LogP contribution in [0.5, 0.6) is 0 Å². The van der Waals surface area contributed by atoms with Crippen molar-refractivity contribution < 1.29 is 27.8 Å². The molecule has 9 bridgehead atoms. The minimum Gasteiger partial charge on any atom is -0.481 e. The Morgan fingerprint density at radius 2 is 1.85 bits per heavy atom. The summed E-state index contributed by atoms with van der Waals surface area (Å²) in [5.74, 6) is -1.31. The van der Waals surface area contributed by atoms with Crippen LogP contribution in [0, 0.1) is 6.92 Å². The Hall–Kier alpha value is -2.90. The quantitative estimate of drug-likeness (QED) is 0.499. The lowest BCUT2D eigenvalue weighted by Crippen LogP contribution is -2.49. The smallest absolute Gasteiger partial charge is 0.304 e. The van der Waals surface area contributed by atoms with E-state index in [2.05, 4.69) is 10.3 Å². The van der Waals surface area contributed by atoms with Crippen molar-refractivity contribution in [2.75, 3.05) is 39.5 Å². The van der Waals surface area contributed by atoms with E-state index >= 15 is 0 Å². The summed E-state index contributed by atoms with van der Waals surface area (Å²) in [6, 6.07) is 9.91. The first-order valence-electron chi connectivity index (χ1n) is 13.9. The molecule has 1 aromatic heterocycles. The Morgan fingerprint density at radius 1 is 1.02 bits per heavy atom. The van der Waals surface area contributed by atoms with Gasteiger partial charge in [-0.05, 0) is 60.1 Å². The van der Waals surface area contributed by atoms with Crippen molar-refractivity contribution in [3.05, 3.63) is 58.1 Å². The van der Waals surface area contributed by atoms with Gasteiger partial charge in [0.15, 0.2) is 0 Å². The van der Waals surface area contributed by atoms with Crippen LogP contribution in [0.15, 0.2) is 30.3 Å². The minimum absolute atomic E-state index is 0.0140. The van der Waals surface area contributed by atoms with Crippen LogP contribution in [0.2, 0.25) is 0 Å². The number of carboxylic acid groups (broad SMARTS) is 1. The molecule has 0 saturated carbocycles. The second-order valence-corrected chi connectivity index (χ2v) is 12.7. The topological polar surface area (TPSA) is 127 Å². The van der Waals surface area contributed by atoms with E-state index in [9.17, 15) is 18.3 Å². The van der Waals surface area contributed by atoms with E-state index in [1.807, 2.05) is 41.9 Å². The van der Waals surface area contributed by atoms with E-state index in [0.717, 1.165) is 38.9 Å². The molecule has 7 heterocycles. The summed E-state index contributed by atoms with van der Waals surface area (Å²) in [4.78, 5) is 12.0. The van der Waals surface area contributed by atoms with Crippen molar-refractivity contribution in [1.82, 2.24) is 23.6 Å². The molecule has 2 aromatic carbocycles. The second-order valence-electron chi connectivity index (χ2n) is 10.8. The number of rotatable bonds is 2. The number of ether oxygens (including phenoxy) is 2. The summed E-state index contributed by atoms with van der Waals surface area (Å²) in [6.45, 7) is 5.38. The number of aryl methyl sites for hydroxylation is 1. The molecule has 1 N–H and O–H groups in total. The summed E-state index contributed by atoms with van der Waals surface area (Å²) < 4.78 is 43.9. The van der Waals surface area contributed by atoms with Crippen molar-refractivity contribution in [1.29, 1.82) is 0 Å². The molecule has 2 unspecified atom stereocenters. The van der Waals surface area contributed by atoms with Crippen molar-refractivity contribution in [2.24, 2.45) is 0 Å². The molecule has 214 valence electrons. The van der Waals surface area contributed by atoms with Gasteiger partial charge in [0.05, 0.1) is 44.4 Å².